The first-order valence-electron chi connectivity index (χ1n) is 14.3. The van der Waals surface area contributed by atoms with Crippen LogP contribution >= 0.6 is 23.5 Å². The third-order valence-electron chi connectivity index (χ3n) is 8.78. The van der Waals surface area contributed by atoms with E-state index in [1.807, 2.05) is 22.9 Å². The Kier molecular flexibility index (Phi) is 6.21. The normalized spacial score (nSPS) is 13.5. The van der Waals surface area contributed by atoms with E-state index in [1.165, 1.54) is 17.2 Å². The van der Waals surface area contributed by atoms with Gasteiger partial charge in [0.2, 0.25) is 0 Å². The summed E-state index contributed by atoms with van der Waals surface area (Å²) in [7, 11) is 0. The van der Waals surface area contributed by atoms with E-state index in [9.17, 15) is 10.5 Å². The zero-order valence-corrected chi connectivity index (χ0v) is 25.8. The van der Waals surface area contributed by atoms with Gasteiger partial charge < -0.3 is 4.90 Å². The van der Waals surface area contributed by atoms with E-state index in [1.54, 1.807) is 6.07 Å². The van der Waals surface area contributed by atoms with Gasteiger partial charge in [0, 0.05) is 51.1 Å². The van der Waals surface area contributed by atoms with Crippen LogP contribution in [0.15, 0.2) is 107 Å². The standard InChI is InChI=1S/C37H22FN5S2/c1-37(2)28-7-3-5-9-30(28)43(31-10-6-4-8-29(31)37)23-13-11-21(12-14-23)24-15-16-25-32-26(24)17-22(38)18-27(32)34-33(25)41-35(44-19-39)36(42-34)45-20-40/h3-18H,1-2H3. The van der Waals surface area contributed by atoms with Crippen molar-refractivity contribution >= 4 is 51.4 Å². The van der Waals surface area contributed by atoms with Crippen molar-refractivity contribution in [3.8, 4) is 44.4 Å². The van der Waals surface area contributed by atoms with Gasteiger partial charge in [-0.3, -0.25) is 0 Å². The van der Waals surface area contributed by atoms with Crippen molar-refractivity contribution < 1.29 is 4.39 Å². The van der Waals surface area contributed by atoms with E-state index in [4.69, 9.17) is 4.98 Å². The first-order valence-corrected chi connectivity index (χ1v) is 15.9. The van der Waals surface area contributed by atoms with Crippen LogP contribution in [0.4, 0.5) is 21.5 Å². The van der Waals surface area contributed by atoms with Crippen molar-refractivity contribution in [2.75, 3.05) is 4.90 Å². The van der Waals surface area contributed by atoms with Crippen molar-refractivity contribution in [3.05, 3.63) is 114 Å². The van der Waals surface area contributed by atoms with Crippen molar-refractivity contribution in [1.82, 2.24) is 9.97 Å². The molecular weight excluding hydrogens is 598 g/mol. The number of nitrogens with zero attached hydrogens (tertiary/aromatic N) is 5. The van der Waals surface area contributed by atoms with Gasteiger partial charge in [-0.25, -0.2) is 14.4 Å². The van der Waals surface area contributed by atoms with Crippen LogP contribution in [0.3, 0.4) is 0 Å². The average molecular weight is 620 g/mol. The molecule has 0 radical (unpaired) electrons. The van der Waals surface area contributed by atoms with Crippen LogP contribution in [0.2, 0.25) is 0 Å². The summed E-state index contributed by atoms with van der Waals surface area (Å²) in [5, 5.41) is 25.0. The predicted molar refractivity (Wildman–Crippen MR) is 179 cm³/mol. The number of fused-ring (bicyclic) bond motifs is 5. The molecule has 5 aromatic carbocycles. The van der Waals surface area contributed by atoms with Gasteiger partial charge >= 0.3 is 0 Å². The summed E-state index contributed by atoms with van der Waals surface area (Å²) in [5.74, 6) is -0.378. The Morgan fingerprint density at radius 3 is 1.84 bits per heavy atom. The van der Waals surface area contributed by atoms with E-state index in [-0.39, 0.29) is 11.2 Å². The first kappa shape index (κ1) is 27.4. The van der Waals surface area contributed by atoms with Crippen molar-refractivity contribution in [1.29, 1.82) is 10.5 Å². The number of aromatic nitrogens is 2. The third kappa shape index (κ3) is 4.07. The van der Waals surface area contributed by atoms with Crippen LogP contribution in [0.25, 0.3) is 44.4 Å². The SMILES string of the molecule is CC1(C)c2ccccc2N(c2ccc(-c3ccc4c5c(cc(F)cc35)-c3nc(SC#N)c(SC#N)nc3-4)cc2)c2ccccc21. The monoisotopic (exact) mass is 619 g/mol. The number of benzene rings is 5. The molecule has 1 aromatic heterocycles. The summed E-state index contributed by atoms with van der Waals surface area (Å²) in [6, 6.07) is 32.6. The molecule has 0 saturated carbocycles. The highest BCUT2D eigenvalue weighted by Crippen LogP contribution is 2.53. The van der Waals surface area contributed by atoms with Crippen molar-refractivity contribution in [2.45, 2.75) is 29.3 Å². The zero-order chi connectivity index (χ0) is 30.9. The molecule has 0 spiro atoms. The third-order valence-corrected chi connectivity index (χ3v) is 10.0. The molecule has 0 unspecified atom stereocenters. The van der Waals surface area contributed by atoms with Crippen LogP contribution in [0.1, 0.15) is 25.0 Å². The van der Waals surface area contributed by atoms with Gasteiger partial charge in [-0.05, 0) is 64.0 Å². The Bertz CT molecular complexity index is 2250. The maximum absolute atomic E-state index is 15.2. The molecule has 214 valence electrons. The number of halogens is 1. The minimum Gasteiger partial charge on any atom is -0.310 e. The van der Waals surface area contributed by atoms with E-state index in [2.05, 4.69) is 96.5 Å². The molecule has 0 bridgehead atoms. The molecule has 8 rings (SSSR count). The van der Waals surface area contributed by atoms with Gasteiger partial charge in [0.15, 0.2) is 0 Å². The van der Waals surface area contributed by atoms with Gasteiger partial charge in [0.05, 0.1) is 22.8 Å². The number of hydrogen-bond acceptors (Lipinski definition) is 7. The highest BCUT2D eigenvalue weighted by Gasteiger charge is 2.36. The fraction of sp³-hybridized carbons (Fsp3) is 0.0811. The van der Waals surface area contributed by atoms with Gasteiger partial charge in [0.25, 0.3) is 0 Å². The van der Waals surface area contributed by atoms with Crippen molar-refractivity contribution in [3.63, 3.8) is 0 Å². The molecule has 8 heteroatoms. The Balaban J connectivity index is 1.26. The fourth-order valence-corrected chi connectivity index (χ4v) is 7.78. The Morgan fingerprint density at radius 2 is 1.24 bits per heavy atom. The molecule has 5 nitrogen and oxygen atoms in total. The molecule has 2 heterocycles. The molecule has 0 saturated heterocycles. The van der Waals surface area contributed by atoms with E-state index >= 15 is 4.39 Å². The number of anilines is 3. The number of nitriles is 2. The number of hydrogen-bond donors (Lipinski definition) is 0. The summed E-state index contributed by atoms with van der Waals surface area (Å²) in [6.07, 6.45) is 0. The lowest BCUT2D eigenvalue weighted by Gasteiger charge is -2.42. The van der Waals surface area contributed by atoms with Crippen LogP contribution in [-0.4, -0.2) is 9.97 Å². The fourth-order valence-electron chi connectivity index (χ4n) is 6.82. The predicted octanol–water partition coefficient (Wildman–Crippen LogP) is 10.3. The maximum Gasteiger partial charge on any atom is 0.145 e. The minimum absolute atomic E-state index is 0.137. The molecule has 45 heavy (non-hydrogen) atoms. The van der Waals surface area contributed by atoms with Crippen LogP contribution in [0.5, 0.6) is 0 Å². The summed E-state index contributed by atoms with van der Waals surface area (Å²) >= 11 is 1.71. The average Bonchev–Trinajstić information content (AvgIpc) is 3.35. The lowest BCUT2D eigenvalue weighted by Crippen LogP contribution is -2.30. The molecule has 0 N–H and O–H groups in total. The number of para-hydroxylation sites is 2. The molecule has 1 aliphatic carbocycles. The van der Waals surface area contributed by atoms with Crippen LogP contribution < -0.4 is 4.90 Å². The smallest absolute Gasteiger partial charge is 0.145 e. The number of thiocyanates is 2. The quantitative estimate of drug-likeness (QED) is 0.143. The van der Waals surface area contributed by atoms with E-state index in [0.29, 0.717) is 27.0 Å². The number of thioether (sulfide) groups is 2. The highest BCUT2D eigenvalue weighted by atomic mass is 32.2. The molecule has 0 atom stereocenters. The molecule has 6 aromatic rings. The molecular formula is C37H22FN5S2. The summed E-state index contributed by atoms with van der Waals surface area (Å²) in [4.78, 5) is 11.7. The topological polar surface area (TPSA) is 76.6 Å². The molecule has 2 aliphatic rings. The maximum atomic E-state index is 15.2. The highest BCUT2D eigenvalue weighted by molar-refractivity contribution is 8.06. The molecule has 1 aliphatic heterocycles. The number of rotatable bonds is 4. The molecule has 0 fully saturated rings. The minimum atomic E-state index is -0.378. The van der Waals surface area contributed by atoms with E-state index < -0.39 is 0 Å². The summed E-state index contributed by atoms with van der Waals surface area (Å²) in [6.45, 7) is 4.55. The Morgan fingerprint density at radius 1 is 0.689 bits per heavy atom. The van der Waals surface area contributed by atoms with Crippen LogP contribution in [-0.2, 0) is 5.41 Å². The summed E-state index contributed by atoms with van der Waals surface area (Å²) < 4.78 is 15.2. The van der Waals surface area contributed by atoms with Crippen molar-refractivity contribution in [2.24, 2.45) is 0 Å². The second-order valence-electron chi connectivity index (χ2n) is 11.5. The Hall–Kier alpha value is -5.15. The van der Waals surface area contributed by atoms with Gasteiger partial charge in [-0.1, -0.05) is 74.5 Å². The largest absolute Gasteiger partial charge is 0.310 e. The van der Waals surface area contributed by atoms with Crippen LogP contribution in [0, 0.1) is 27.1 Å². The second kappa shape index (κ2) is 10.2. The first-order chi connectivity index (χ1) is 21.9. The van der Waals surface area contributed by atoms with E-state index in [0.717, 1.165) is 68.0 Å². The van der Waals surface area contributed by atoms with Gasteiger partial charge in [0.1, 0.15) is 26.7 Å². The van der Waals surface area contributed by atoms with Gasteiger partial charge in [-0.15, -0.1) is 0 Å². The van der Waals surface area contributed by atoms with Gasteiger partial charge in [-0.2, -0.15) is 10.5 Å². The molecule has 0 amide bonds. The zero-order valence-electron chi connectivity index (χ0n) is 24.2. The summed E-state index contributed by atoms with van der Waals surface area (Å²) in [5.41, 5.74) is 10.2. The lowest BCUT2D eigenvalue weighted by molar-refractivity contribution is 0.630. The Labute approximate surface area is 268 Å². The lowest BCUT2D eigenvalue weighted by atomic mass is 9.73. The second-order valence-corrected chi connectivity index (χ2v) is 13.0.